The number of hydrogen-bond acceptors (Lipinski definition) is 5. The largest absolute Gasteiger partial charge is 0.358 e. The summed E-state index contributed by atoms with van der Waals surface area (Å²) in [5.74, 6) is 0.454. The van der Waals surface area contributed by atoms with E-state index in [9.17, 15) is 4.79 Å². The van der Waals surface area contributed by atoms with Crippen LogP contribution in [-0.2, 0) is 4.74 Å². The molecule has 4 rings (SSSR count). The Balaban J connectivity index is 1.65. The second kappa shape index (κ2) is 7.45. The van der Waals surface area contributed by atoms with Crippen LogP contribution in [0.15, 0.2) is 48.9 Å². The van der Waals surface area contributed by atoms with E-state index in [4.69, 9.17) is 4.74 Å². The first-order valence-electron chi connectivity index (χ1n) is 8.65. The molecule has 1 unspecified atom stereocenters. The highest BCUT2D eigenvalue weighted by Gasteiger charge is 2.18. The van der Waals surface area contributed by atoms with Crippen molar-refractivity contribution in [1.82, 2.24) is 20.3 Å². The van der Waals surface area contributed by atoms with Crippen LogP contribution in [-0.4, -0.2) is 33.8 Å². The van der Waals surface area contributed by atoms with Crippen molar-refractivity contribution < 1.29 is 9.53 Å². The summed E-state index contributed by atoms with van der Waals surface area (Å²) >= 11 is 0. The highest BCUT2D eigenvalue weighted by atomic mass is 16.5. The minimum atomic E-state index is -0.338. The third-order valence-electron chi connectivity index (χ3n) is 4.26. The van der Waals surface area contributed by atoms with Crippen molar-refractivity contribution in [2.45, 2.75) is 25.5 Å². The van der Waals surface area contributed by atoms with Crippen LogP contribution in [0.5, 0.6) is 0 Å². The van der Waals surface area contributed by atoms with Crippen LogP contribution >= 0.6 is 0 Å². The molecule has 132 valence electrons. The van der Waals surface area contributed by atoms with Crippen LogP contribution in [0.2, 0.25) is 0 Å². The summed E-state index contributed by atoms with van der Waals surface area (Å²) in [6.07, 6.45) is 7.77. The molecule has 1 aliphatic rings. The molecule has 7 nitrogen and oxygen atoms in total. The maximum Gasteiger partial charge on any atom is 0.322 e. The number of aromatic nitrogens is 3. The van der Waals surface area contributed by atoms with Crippen molar-refractivity contribution in [3.8, 4) is 11.3 Å². The van der Waals surface area contributed by atoms with Gasteiger partial charge in [0.25, 0.3) is 0 Å². The van der Waals surface area contributed by atoms with Gasteiger partial charge in [0.1, 0.15) is 12.0 Å². The maximum absolute atomic E-state index is 12.4. The lowest BCUT2D eigenvalue weighted by Gasteiger charge is -2.23. The van der Waals surface area contributed by atoms with Crippen molar-refractivity contribution >= 4 is 22.8 Å². The lowest BCUT2D eigenvalue weighted by molar-refractivity contribution is 0.00342. The van der Waals surface area contributed by atoms with Crippen LogP contribution in [0.4, 0.5) is 10.6 Å². The molecule has 0 spiro atoms. The lowest BCUT2D eigenvalue weighted by Crippen LogP contribution is -2.41. The third kappa shape index (κ3) is 3.62. The Morgan fingerprint density at radius 2 is 2.15 bits per heavy atom. The molecule has 1 aliphatic heterocycles. The van der Waals surface area contributed by atoms with Crippen LogP contribution in [0.25, 0.3) is 22.2 Å². The van der Waals surface area contributed by atoms with Gasteiger partial charge in [-0.1, -0.05) is 6.07 Å². The molecule has 1 fully saturated rings. The van der Waals surface area contributed by atoms with E-state index in [2.05, 4.69) is 25.6 Å². The first-order valence-corrected chi connectivity index (χ1v) is 8.65. The Morgan fingerprint density at radius 1 is 1.19 bits per heavy atom. The Kier molecular flexibility index (Phi) is 4.70. The number of anilines is 1. The molecule has 1 saturated heterocycles. The minimum Gasteiger partial charge on any atom is -0.358 e. The van der Waals surface area contributed by atoms with E-state index in [-0.39, 0.29) is 12.3 Å². The summed E-state index contributed by atoms with van der Waals surface area (Å²) in [5.41, 5.74) is 2.23. The number of ether oxygens (including phenoxy) is 1. The average molecular weight is 349 g/mol. The fourth-order valence-corrected chi connectivity index (χ4v) is 2.97. The smallest absolute Gasteiger partial charge is 0.322 e. The van der Waals surface area contributed by atoms with Crippen molar-refractivity contribution in [1.29, 1.82) is 0 Å². The molecule has 4 heterocycles. The van der Waals surface area contributed by atoms with Gasteiger partial charge in [-0.3, -0.25) is 15.3 Å². The Bertz CT molecular complexity index is 910. The molecule has 3 aromatic rings. The molecular weight excluding hydrogens is 330 g/mol. The zero-order chi connectivity index (χ0) is 17.8. The Labute approximate surface area is 150 Å². The standard InChI is InChI=1S/C19H19N5O2/c25-19(23-17-6-2-4-10-26-17)24-18-14(16-5-1-3-8-21-16)11-13-12-20-9-7-15(13)22-18/h1,3,5,7-9,11-12,17H,2,4,6,10H2,(H2,22,23,24,25). The number of fused-ring (bicyclic) bond motifs is 1. The van der Waals surface area contributed by atoms with Gasteiger partial charge in [0, 0.05) is 36.1 Å². The lowest BCUT2D eigenvalue weighted by atomic mass is 10.1. The van der Waals surface area contributed by atoms with Crippen molar-refractivity contribution in [2.24, 2.45) is 0 Å². The summed E-state index contributed by atoms with van der Waals surface area (Å²) < 4.78 is 5.56. The van der Waals surface area contributed by atoms with E-state index in [1.807, 2.05) is 30.3 Å². The van der Waals surface area contributed by atoms with Crippen LogP contribution < -0.4 is 10.6 Å². The number of nitrogens with zero attached hydrogens (tertiary/aromatic N) is 3. The van der Waals surface area contributed by atoms with E-state index in [1.54, 1.807) is 18.6 Å². The van der Waals surface area contributed by atoms with E-state index in [0.29, 0.717) is 12.4 Å². The summed E-state index contributed by atoms with van der Waals surface area (Å²) in [7, 11) is 0. The second-order valence-corrected chi connectivity index (χ2v) is 6.12. The molecule has 1 atom stereocenters. The van der Waals surface area contributed by atoms with Crippen molar-refractivity contribution in [3.05, 3.63) is 48.9 Å². The number of carbonyl (C=O) groups excluding carboxylic acids is 1. The molecular formula is C19H19N5O2. The SMILES string of the molecule is O=C(Nc1nc2ccncc2cc1-c1ccccn1)NC1CCCCO1. The first-order chi connectivity index (χ1) is 12.8. The minimum absolute atomic E-state index is 0.258. The number of carbonyl (C=O) groups is 1. The number of rotatable bonds is 3. The van der Waals surface area contributed by atoms with Gasteiger partial charge in [-0.05, 0) is 43.5 Å². The van der Waals surface area contributed by atoms with Gasteiger partial charge in [-0.25, -0.2) is 9.78 Å². The second-order valence-electron chi connectivity index (χ2n) is 6.12. The number of amides is 2. The molecule has 0 aromatic carbocycles. The summed E-state index contributed by atoms with van der Waals surface area (Å²) in [6.45, 7) is 0.672. The van der Waals surface area contributed by atoms with Gasteiger partial charge in [-0.2, -0.15) is 0 Å². The molecule has 26 heavy (non-hydrogen) atoms. The van der Waals surface area contributed by atoms with Crippen LogP contribution in [0.1, 0.15) is 19.3 Å². The van der Waals surface area contributed by atoms with Gasteiger partial charge in [-0.15, -0.1) is 0 Å². The van der Waals surface area contributed by atoms with Gasteiger partial charge >= 0.3 is 6.03 Å². The molecule has 2 amide bonds. The predicted molar refractivity (Wildman–Crippen MR) is 98.5 cm³/mol. The third-order valence-corrected chi connectivity index (χ3v) is 4.26. The van der Waals surface area contributed by atoms with E-state index >= 15 is 0 Å². The fourth-order valence-electron chi connectivity index (χ4n) is 2.97. The van der Waals surface area contributed by atoms with E-state index in [1.165, 1.54) is 0 Å². The van der Waals surface area contributed by atoms with E-state index < -0.39 is 0 Å². The predicted octanol–water partition coefficient (Wildman–Crippen LogP) is 3.34. The number of hydrogen-bond donors (Lipinski definition) is 2. The first kappa shape index (κ1) is 16.4. The zero-order valence-electron chi connectivity index (χ0n) is 14.2. The normalized spacial score (nSPS) is 17.0. The zero-order valence-corrected chi connectivity index (χ0v) is 14.2. The van der Waals surface area contributed by atoms with Crippen LogP contribution in [0.3, 0.4) is 0 Å². The van der Waals surface area contributed by atoms with Gasteiger partial charge in [0.05, 0.1) is 11.2 Å². The number of urea groups is 1. The fraction of sp³-hybridized carbons (Fsp3) is 0.263. The molecule has 2 N–H and O–H groups in total. The van der Waals surface area contributed by atoms with Gasteiger partial charge < -0.3 is 10.1 Å². The Morgan fingerprint density at radius 3 is 2.96 bits per heavy atom. The molecule has 0 radical (unpaired) electrons. The van der Waals surface area contributed by atoms with Crippen molar-refractivity contribution in [3.63, 3.8) is 0 Å². The molecule has 0 aliphatic carbocycles. The molecule has 0 saturated carbocycles. The number of nitrogens with one attached hydrogen (secondary N) is 2. The highest BCUT2D eigenvalue weighted by molar-refractivity contribution is 5.96. The monoisotopic (exact) mass is 349 g/mol. The topological polar surface area (TPSA) is 89.0 Å². The summed E-state index contributed by atoms with van der Waals surface area (Å²) in [4.78, 5) is 25.5. The maximum atomic E-state index is 12.4. The van der Waals surface area contributed by atoms with Crippen LogP contribution in [0, 0.1) is 0 Å². The van der Waals surface area contributed by atoms with E-state index in [0.717, 1.165) is 41.4 Å². The molecule has 0 bridgehead atoms. The van der Waals surface area contributed by atoms with Gasteiger partial charge in [0.15, 0.2) is 0 Å². The summed E-state index contributed by atoms with van der Waals surface area (Å²) in [5, 5.41) is 6.58. The average Bonchev–Trinajstić information content (AvgIpc) is 2.69. The van der Waals surface area contributed by atoms with Crippen molar-refractivity contribution in [2.75, 3.05) is 11.9 Å². The quantitative estimate of drug-likeness (QED) is 0.757. The number of pyridine rings is 3. The molecule has 3 aromatic heterocycles. The highest BCUT2D eigenvalue weighted by Crippen LogP contribution is 2.28. The Hall–Kier alpha value is -3.06. The van der Waals surface area contributed by atoms with Gasteiger partial charge in [0.2, 0.25) is 0 Å². The molecule has 7 heteroatoms. The summed E-state index contributed by atoms with van der Waals surface area (Å²) in [6, 6.07) is 9.03.